The van der Waals surface area contributed by atoms with Crippen LogP contribution in [0, 0.1) is 12.7 Å². The van der Waals surface area contributed by atoms with Crippen molar-refractivity contribution in [2.45, 2.75) is 45.3 Å². The molecule has 0 unspecified atom stereocenters. The molecule has 3 aromatic carbocycles. The number of ether oxygens (including phenoxy) is 1. The van der Waals surface area contributed by atoms with Gasteiger partial charge in [0.15, 0.2) is 0 Å². The van der Waals surface area contributed by atoms with Crippen molar-refractivity contribution in [1.82, 2.24) is 4.98 Å². The lowest BCUT2D eigenvalue weighted by atomic mass is 9.91. The van der Waals surface area contributed by atoms with Crippen LogP contribution in [-0.2, 0) is 36.8 Å². The van der Waals surface area contributed by atoms with E-state index in [9.17, 15) is 27.5 Å². The molecule has 1 aliphatic heterocycles. The lowest BCUT2D eigenvalue weighted by Crippen LogP contribution is -2.32. The van der Waals surface area contributed by atoms with Crippen molar-refractivity contribution in [3.63, 3.8) is 0 Å². The van der Waals surface area contributed by atoms with Crippen LogP contribution in [0.1, 0.15) is 40.1 Å². The first-order valence-electron chi connectivity index (χ1n) is 13.2. The zero-order valence-corrected chi connectivity index (χ0v) is 22.3. The second kappa shape index (κ2) is 11.6. The fourth-order valence-corrected chi connectivity index (χ4v) is 5.08. The zero-order chi connectivity index (χ0) is 29.1. The highest BCUT2D eigenvalue weighted by Gasteiger charge is 2.32. The first kappa shape index (κ1) is 28.2. The number of hydrogen-bond acceptors (Lipinski definition) is 5. The number of rotatable bonds is 9. The van der Waals surface area contributed by atoms with E-state index in [2.05, 4.69) is 4.98 Å². The van der Waals surface area contributed by atoms with Gasteiger partial charge in [0, 0.05) is 42.7 Å². The standard InChI is InChI=1S/C31H28F4N2O4/c1-19-27(36-30(41-19)21-5-3-2-4-6-21)12-14-40-28-9-7-20(8-10-29(38)39)26-18-37(13-11-25(26)28)24-16-22(31(33,34)35)15-23(32)17-24/h2-7,9,15-17H,8,10-14,18H2,1H3,(H,38,39). The zero-order valence-electron chi connectivity index (χ0n) is 22.3. The Kier molecular flexibility index (Phi) is 8.01. The molecular weight excluding hydrogens is 540 g/mol. The van der Waals surface area contributed by atoms with E-state index in [1.54, 1.807) is 17.0 Å². The number of carboxylic acid groups (broad SMARTS) is 1. The molecule has 2 heterocycles. The first-order valence-corrected chi connectivity index (χ1v) is 13.2. The molecule has 0 fully saturated rings. The number of benzene rings is 3. The van der Waals surface area contributed by atoms with Crippen LogP contribution in [0.2, 0.25) is 0 Å². The molecule has 0 saturated heterocycles. The molecule has 5 rings (SSSR count). The summed E-state index contributed by atoms with van der Waals surface area (Å²) in [5, 5.41) is 9.23. The van der Waals surface area contributed by atoms with Crippen molar-refractivity contribution in [3.05, 3.63) is 100 Å². The summed E-state index contributed by atoms with van der Waals surface area (Å²) in [5.74, 6) is -0.0721. The molecule has 214 valence electrons. The minimum atomic E-state index is -4.68. The Balaban J connectivity index is 1.36. The number of carboxylic acids is 1. The van der Waals surface area contributed by atoms with Crippen LogP contribution in [-0.4, -0.2) is 29.2 Å². The molecule has 0 bridgehead atoms. The molecule has 1 N–H and O–H groups in total. The van der Waals surface area contributed by atoms with E-state index in [0.29, 0.717) is 49.5 Å². The van der Waals surface area contributed by atoms with Gasteiger partial charge in [0.1, 0.15) is 17.3 Å². The van der Waals surface area contributed by atoms with E-state index in [4.69, 9.17) is 9.15 Å². The summed E-state index contributed by atoms with van der Waals surface area (Å²) < 4.78 is 66.1. The molecule has 41 heavy (non-hydrogen) atoms. The van der Waals surface area contributed by atoms with Crippen molar-refractivity contribution in [2.24, 2.45) is 0 Å². The summed E-state index contributed by atoms with van der Waals surface area (Å²) in [6.07, 6.45) is -3.59. The third-order valence-corrected chi connectivity index (χ3v) is 7.16. The number of aliphatic carboxylic acids is 1. The lowest BCUT2D eigenvalue weighted by molar-refractivity contribution is -0.138. The fourth-order valence-electron chi connectivity index (χ4n) is 5.08. The number of halogens is 4. The molecular formula is C31H28F4N2O4. The molecule has 0 radical (unpaired) electrons. The number of fused-ring (bicyclic) bond motifs is 1. The summed E-state index contributed by atoms with van der Waals surface area (Å²) >= 11 is 0. The van der Waals surface area contributed by atoms with E-state index in [0.717, 1.165) is 40.1 Å². The molecule has 0 saturated carbocycles. The number of alkyl halides is 3. The Morgan fingerprint density at radius 2 is 1.85 bits per heavy atom. The number of anilines is 1. The number of carbonyl (C=O) groups is 1. The van der Waals surface area contributed by atoms with E-state index in [1.165, 1.54) is 0 Å². The lowest BCUT2D eigenvalue weighted by Gasteiger charge is -2.33. The molecule has 4 aromatic rings. The third kappa shape index (κ3) is 6.53. The summed E-state index contributed by atoms with van der Waals surface area (Å²) in [4.78, 5) is 17.5. The highest BCUT2D eigenvalue weighted by molar-refractivity contribution is 5.67. The Morgan fingerprint density at radius 1 is 1.07 bits per heavy atom. The predicted octanol–water partition coefficient (Wildman–Crippen LogP) is 7.01. The van der Waals surface area contributed by atoms with Crippen molar-refractivity contribution in [3.8, 4) is 17.2 Å². The Labute approximate surface area is 234 Å². The smallest absolute Gasteiger partial charge is 0.416 e. The van der Waals surface area contributed by atoms with Gasteiger partial charge in [-0.1, -0.05) is 24.3 Å². The molecule has 0 aliphatic carbocycles. The maximum absolute atomic E-state index is 14.1. The second-order valence-corrected chi connectivity index (χ2v) is 9.93. The topological polar surface area (TPSA) is 75.8 Å². The van der Waals surface area contributed by atoms with Crippen molar-refractivity contribution in [1.29, 1.82) is 0 Å². The van der Waals surface area contributed by atoms with Gasteiger partial charge in [0.2, 0.25) is 5.89 Å². The number of aromatic nitrogens is 1. The van der Waals surface area contributed by atoms with Crippen LogP contribution in [0.5, 0.6) is 5.75 Å². The summed E-state index contributed by atoms with van der Waals surface area (Å²) in [5.41, 5.74) is 3.14. The highest BCUT2D eigenvalue weighted by Crippen LogP contribution is 2.37. The van der Waals surface area contributed by atoms with Gasteiger partial charge in [-0.3, -0.25) is 4.79 Å². The maximum Gasteiger partial charge on any atom is 0.416 e. The molecule has 0 amide bonds. The van der Waals surface area contributed by atoms with Gasteiger partial charge >= 0.3 is 12.1 Å². The van der Waals surface area contributed by atoms with E-state index >= 15 is 0 Å². The Morgan fingerprint density at radius 3 is 2.59 bits per heavy atom. The van der Waals surface area contributed by atoms with Crippen LogP contribution < -0.4 is 9.64 Å². The number of nitrogens with zero attached hydrogens (tertiary/aromatic N) is 2. The van der Waals surface area contributed by atoms with E-state index in [1.807, 2.05) is 37.3 Å². The summed E-state index contributed by atoms with van der Waals surface area (Å²) in [6.45, 7) is 2.70. The monoisotopic (exact) mass is 568 g/mol. The largest absolute Gasteiger partial charge is 0.493 e. The minimum absolute atomic E-state index is 0.0972. The van der Waals surface area contributed by atoms with Crippen LogP contribution in [0.4, 0.5) is 23.2 Å². The molecule has 1 aromatic heterocycles. The molecule has 1 aliphatic rings. The van der Waals surface area contributed by atoms with Crippen LogP contribution in [0.15, 0.2) is 65.1 Å². The third-order valence-electron chi connectivity index (χ3n) is 7.16. The van der Waals surface area contributed by atoms with Gasteiger partial charge in [-0.25, -0.2) is 9.37 Å². The minimum Gasteiger partial charge on any atom is -0.493 e. The quantitative estimate of drug-likeness (QED) is 0.219. The summed E-state index contributed by atoms with van der Waals surface area (Å²) in [7, 11) is 0. The highest BCUT2D eigenvalue weighted by atomic mass is 19.4. The predicted molar refractivity (Wildman–Crippen MR) is 144 cm³/mol. The second-order valence-electron chi connectivity index (χ2n) is 9.93. The summed E-state index contributed by atoms with van der Waals surface area (Å²) in [6, 6.07) is 15.7. The fraction of sp³-hybridized carbons (Fsp3) is 0.290. The number of aryl methyl sites for hydroxylation is 2. The molecule has 0 atom stereocenters. The molecule has 10 heteroatoms. The van der Waals surface area contributed by atoms with Crippen molar-refractivity contribution >= 4 is 11.7 Å². The van der Waals surface area contributed by atoms with Gasteiger partial charge in [-0.05, 0) is 67.3 Å². The average molecular weight is 569 g/mol. The molecule has 6 nitrogen and oxygen atoms in total. The van der Waals surface area contributed by atoms with Crippen molar-refractivity contribution in [2.75, 3.05) is 18.1 Å². The van der Waals surface area contributed by atoms with Crippen LogP contribution in [0.3, 0.4) is 0 Å². The van der Waals surface area contributed by atoms with E-state index in [-0.39, 0.29) is 25.1 Å². The van der Waals surface area contributed by atoms with Gasteiger partial charge in [0.25, 0.3) is 0 Å². The normalized spacial score (nSPS) is 13.2. The Bertz CT molecular complexity index is 1550. The van der Waals surface area contributed by atoms with Crippen LogP contribution in [0.25, 0.3) is 11.5 Å². The van der Waals surface area contributed by atoms with Gasteiger partial charge in [-0.2, -0.15) is 13.2 Å². The van der Waals surface area contributed by atoms with E-state index < -0.39 is 23.5 Å². The SMILES string of the molecule is Cc1oc(-c2ccccc2)nc1CCOc1ccc(CCC(=O)O)c2c1CCN(c1cc(F)cc(C(F)(F)F)c1)C2. The van der Waals surface area contributed by atoms with Crippen molar-refractivity contribution < 1.29 is 36.6 Å². The maximum atomic E-state index is 14.1. The number of oxazole rings is 1. The van der Waals surface area contributed by atoms with Crippen LogP contribution >= 0.6 is 0 Å². The first-order chi connectivity index (χ1) is 19.6. The number of hydrogen-bond donors (Lipinski definition) is 1. The Hall–Kier alpha value is -4.34. The van der Waals surface area contributed by atoms with Gasteiger partial charge < -0.3 is 19.2 Å². The average Bonchev–Trinajstić information content (AvgIpc) is 3.32. The van der Waals surface area contributed by atoms with Gasteiger partial charge in [0.05, 0.1) is 17.9 Å². The molecule has 0 spiro atoms. The van der Waals surface area contributed by atoms with Gasteiger partial charge in [-0.15, -0.1) is 0 Å².